The van der Waals surface area contributed by atoms with Crippen LogP contribution in [0.3, 0.4) is 0 Å². The number of nitrogens with zero attached hydrogens (tertiary/aromatic N) is 2. The number of aromatic nitrogens is 2. The van der Waals surface area contributed by atoms with Gasteiger partial charge in [0.15, 0.2) is 5.69 Å². The van der Waals surface area contributed by atoms with Crippen LogP contribution in [0.15, 0.2) is 12.1 Å². The van der Waals surface area contributed by atoms with Crippen LogP contribution in [0.2, 0.25) is 0 Å². The van der Waals surface area contributed by atoms with Gasteiger partial charge in [0.05, 0.1) is 12.3 Å². The van der Waals surface area contributed by atoms with Gasteiger partial charge in [0.25, 0.3) is 0 Å². The van der Waals surface area contributed by atoms with Gasteiger partial charge >= 0.3 is 6.18 Å². The molecule has 1 atom stereocenters. The van der Waals surface area contributed by atoms with E-state index in [1.54, 1.807) is 7.11 Å². The number of methoxy groups -OCH3 is 1. The third kappa shape index (κ3) is 4.66. The van der Waals surface area contributed by atoms with Crippen molar-refractivity contribution in [2.45, 2.75) is 25.7 Å². The fourth-order valence-electron chi connectivity index (χ4n) is 1.19. The van der Waals surface area contributed by atoms with Crippen LogP contribution in [-0.2, 0) is 17.5 Å². The molecule has 96 valence electrons. The van der Waals surface area contributed by atoms with E-state index in [-0.39, 0.29) is 6.04 Å². The van der Waals surface area contributed by atoms with Crippen LogP contribution in [0.1, 0.15) is 18.3 Å². The Morgan fingerprint density at radius 3 is 2.53 bits per heavy atom. The Morgan fingerprint density at radius 2 is 2.06 bits per heavy atom. The van der Waals surface area contributed by atoms with Gasteiger partial charge in [0, 0.05) is 19.7 Å². The van der Waals surface area contributed by atoms with Gasteiger partial charge in [-0.2, -0.15) is 18.3 Å². The summed E-state index contributed by atoms with van der Waals surface area (Å²) in [5, 5.41) is 9.68. The zero-order valence-electron chi connectivity index (χ0n) is 9.58. The molecule has 0 aliphatic heterocycles. The summed E-state index contributed by atoms with van der Waals surface area (Å²) < 4.78 is 41.5. The lowest BCUT2D eigenvalue weighted by Gasteiger charge is -2.12. The van der Waals surface area contributed by atoms with Gasteiger partial charge < -0.3 is 10.1 Å². The largest absolute Gasteiger partial charge is 0.435 e. The van der Waals surface area contributed by atoms with E-state index in [1.165, 1.54) is 6.07 Å². The molecule has 0 aliphatic rings. The van der Waals surface area contributed by atoms with Gasteiger partial charge in [-0.25, -0.2) is 0 Å². The first-order valence-corrected chi connectivity index (χ1v) is 5.05. The smallest absolute Gasteiger partial charge is 0.383 e. The highest BCUT2D eigenvalue weighted by Crippen LogP contribution is 2.26. The number of rotatable bonds is 5. The third-order valence-corrected chi connectivity index (χ3v) is 2.06. The summed E-state index contributed by atoms with van der Waals surface area (Å²) in [6, 6.07) is 2.33. The predicted molar refractivity (Wildman–Crippen MR) is 55.2 cm³/mol. The summed E-state index contributed by atoms with van der Waals surface area (Å²) in [6.45, 7) is 2.78. The van der Waals surface area contributed by atoms with Crippen LogP contribution >= 0.6 is 0 Å². The van der Waals surface area contributed by atoms with Crippen molar-refractivity contribution in [3.63, 3.8) is 0 Å². The van der Waals surface area contributed by atoms with Gasteiger partial charge in [-0.1, -0.05) is 0 Å². The van der Waals surface area contributed by atoms with E-state index in [9.17, 15) is 13.2 Å². The maximum absolute atomic E-state index is 12.2. The molecule has 4 nitrogen and oxygen atoms in total. The van der Waals surface area contributed by atoms with Crippen molar-refractivity contribution in [3.05, 3.63) is 23.5 Å². The fraction of sp³-hybridized carbons (Fsp3) is 0.600. The van der Waals surface area contributed by atoms with Crippen LogP contribution in [-0.4, -0.2) is 30.0 Å². The normalized spacial score (nSPS) is 13.7. The summed E-state index contributed by atoms with van der Waals surface area (Å²) >= 11 is 0. The number of nitrogens with one attached hydrogen (secondary N) is 1. The van der Waals surface area contributed by atoms with Crippen molar-refractivity contribution in [3.8, 4) is 0 Å². The predicted octanol–water partition coefficient (Wildman–Crippen LogP) is 1.62. The summed E-state index contributed by atoms with van der Waals surface area (Å²) in [6.07, 6.45) is -4.44. The van der Waals surface area contributed by atoms with Crippen LogP contribution in [0, 0.1) is 0 Å². The zero-order valence-corrected chi connectivity index (χ0v) is 9.58. The molecular formula is C10H14F3N3O. The summed E-state index contributed by atoms with van der Waals surface area (Å²) in [4.78, 5) is 0. The second kappa shape index (κ2) is 5.92. The third-order valence-electron chi connectivity index (χ3n) is 2.06. The number of hydrogen-bond acceptors (Lipinski definition) is 4. The van der Waals surface area contributed by atoms with E-state index in [0.717, 1.165) is 6.07 Å². The van der Waals surface area contributed by atoms with Crippen LogP contribution in [0.4, 0.5) is 13.2 Å². The Kier molecular flexibility index (Phi) is 4.83. The molecule has 17 heavy (non-hydrogen) atoms. The standard InChI is InChI=1S/C10H14F3N3O/c1-7(6-17-2)14-5-8-3-4-9(16-15-8)10(11,12)13/h3-4,7,14H,5-6H2,1-2H3. The van der Waals surface area contributed by atoms with E-state index in [1.807, 2.05) is 6.92 Å². The molecule has 0 aliphatic carbocycles. The summed E-state index contributed by atoms with van der Waals surface area (Å²) in [7, 11) is 1.58. The average molecular weight is 249 g/mol. The molecule has 0 radical (unpaired) electrons. The Bertz CT molecular complexity index is 340. The molecule has 7 heteroatoms. The van der Waals surface area contributed by atoms with E-state index in [0.29, 0.717) is 18.8 Å². The molecule has 0 aromatic carbocycles. The number of hydrogen-bond donors (Lipinski definition) is 1. The lowest BCUT2D eigenvalue weighted by molar-refractivity contribution is -0.141. The van der Waals surface area contributed by atoms with Gasteiger partial charge in [0.2, 0.25) is 0 Å². The van der Waals surface area contributed by atoms with Crippen molar-refractivity contribution in [2.24, 2.45) is 0 Å². The Balaban J connectivity index is 2.51. The van der Waals surface area contributed by atoms with E-state index in [4.69, 9.17) is 4.74 Å². The molecule has 1 rings (SSSR count). The highest BCUT2D eigenvalue weighted by Gasteiger charge is 2.32. The molecule has 1 unspecified atom stereocenters. The monoisotopic (exact) mass is 249 g/mol. The highest BCUT2D eigenvalue weighted by atomic mass is 19.4. The second-order valence-electron chi connectivity index (χ2n) is 3.64. The Hall–Kier alpha value is -1.21. The van der Waals surface area contributed by atoms with Crippen LogP contribution in [0.5, 0.6) is 0 Å². The molecule has 0 saturated carbocycles. The molecule has 0 saturated heterocycles. The molecule has 1 aromatic heterocycles. The van der Waals surface area contributed by atoms with Gasteiger partial charge in [-0.15, -0.1) is 5.10 Å². The number of alkyl halides is 3. The lowest BCUT2D eigenvalue weighted by atomic mass is 10.3. The van der Waals surface area contributed by atoms with Crippen molar-refractivity contribution >= 4 is 0 Å². The maximum Gasteiger partial charge on any atom is 0.435 e. The lowest BCUT2D eigenvalue weighted by Crippen LogP contribution is -2.30. The molecule has 1 aromatic rings. The minimum atomic E-state index is -4.44. The minimum absolute atomic E-state index is 0.101. The quantitative estimate of drug-likeness (QED) is 0.861. The maximum atomic E-state index is 12.2. The van der Waals surface area contributed by atoms with Crippen molar-refractivity contribution in [1.82, 2.24) is 15.5 Å². The number of ether oxygens (including phenoxy) is 1. The average Bonchev–Trinajstić information content (AvgIpc) is 2.26. The Morgan fingerprint density at radius 1 is 1.35 bits per heavy atom. The van der Waals surface area contributed by atoms with Gasteiger partial charge in [-0.3, -0.25) is 0 Å². The molecule has 1 N–H and O–H groups in total. The molecule has 1 heterocycles. The second-order valence-corrected chi connectivity index (χ2v) is 3.64. The minimum Gasteiger partial charge on any atom is -0.383 e. The summed E-state index contributed by atoms with van der Waals surface area (Å²) in [5.74, 6) is 0. The topological polar surface area (TPSA) is 47.0 Å². The van der Waals surface area contributed by atoms with Crippen LogP contribution in [0.25, 0.3) is 0 Å². The first kappa shape index (κ1) is 13.9. The van der Waals surface area contributed by atoms with Crippen molar-refractivity contribution in [1.29, 1.82) is 0 Å². The van der Waals surface area contributed by atoms with Gasteiger partial charge in [-0.05, 0) is 19.1 Å². The molecule has 0 spiro atoms. The van der Waals surface area contributed by atoms with Crippen molar-refractivity contribution in [2.75, 3.05) is 13.7 Å². The molecule has 0 fully saturated rings. The number of halogens is 3. The molecule has 0 amide bonds. The Labute approximate surface area is 97.2 Å². The highest BCUT2D eigenvalue weighted by molar-refractivity contribution is 5.09. The SMILES string of the molecule is COCC(C)NCc1ccc(C(F)(F)F)nn1. The van der Waals surface area contributed by atoms with Gasteiger partial charge in [0.1, 0.15) is 0 Å². The molecule has 0 bridgehead atoms. The molecular weight excluding hydrogens is 235 g/mol. The summed E-state index contributed by atoms with van der Waals surface area (Å²) in [5.41, 5.74) is -0.521. The van der Waals surface area contributed by atoms with E-state index >= 15 is 0 Å². The van der Waals surface area contributed by atoms with E-state index in [2.05, 4.69) is 15.5 Å². The van der Waals surface area contributed by atoms with Crippen molar-refractivity contribution < 1.29 is 17.9 Å². The first-order chi connectivity index (χ1) is 7.93. The first-order valence-electron chi connectivity index (χ1n) is 5.05. The fourth-order valence-corrected chi connectivity index (χ4v) is 1.19. The zero-order chi connectivity index (χ0) is 12.9. The van der Waals surface area contributed by atoms with Crippen LogP contribution < -0.4 is 5.32 Å². The van der Waals surface area contributed by atoms with E-state index < -0.39 is 11.9 Å².